The molecule has 0 radical (unpaired) electrons. The van der Waals surface area contributed by atoms with Crippen LogP contribution in [0.25, 0.3) is 38.9 Å². The van der Waals surface area contributed by atoms with Crippen LogP contribution in [-0.4, -0.2) is 31.8 Å². The highest BCUT2D eigenvalue weighted by molar-refractivity contribution is 7.99. The molecule has 39 heavy (non-hydrogen) atoms. The number of aryl methyl sites for hydroxylation is 1. The average Bonchev–Trinajstić information content (AvgIpc) is 3.59. The molecule has 2 aromatic carbocycles. The van der Waals surface area contributed by atoms with Crippen LogP contribution in [-0.2, 0) is 11.8 Å². The van der Waals surface area contributed by atoms with E-state index in [2.05, 4.69) is 11.2 Å². The number of nitrogens with zero attached hydrogens (tertiary/aromatic N) is 3. The fraction of sp³-hybridized carbons (Fsp3) is 0.258. The van der Waals surface area contributed by atoms with Crippen LogP contribution in [0.15, 0.2) is 75.2 Å². The summed E-state index contributed by atoms with van der Waals surface area (Å²) in [5.74, 6) is 3.48. The maximum atomic E-state index is 14.1. The molecule has 1 N–H and O–H groups in total. The van der Waals surface area contributed by atoms with Gasteiger partial charge in [-0.3, -0.25) is 14.2 Å². The number of amides is 1. The Hall–Kier alpha value is -4.22. The van der Waals surface area contributed by atoms with E-state index in [0.29, 0.717) is 27.4 Å². The number of hydrogen-bond acceptors (Lipinski definition) is 5. The van der Waals surface area contributed by atoms with Gasteiger partial charge in [0.1, 0.15) is 16.8 Å². The number of rotatable bonds is 6. The second-order valence-corrected chi connectivity index (χ2v) is 10.8. The molecular weight excluding hydrogens is 508 g/mol. The number of benzene rings is 2. The predicted molar refractivity (Wildman–Crippen MR) is 155 cm³/mol. The summed E-state index contributed by atoms with van der Waals surface area (Å²) in [7, 11) is 1.87. The minimum absolute atomic E-state index is 0.0526. The lowest BCUT2D eigenvalue weighted by Crippen LogP contribution is -2.37. The molecule has 6 rings (SSSR count). The van der Waals surface area contributed by atoms with E-state index in [9.17, 15) is 9.59 Å². The summed E-state index contributed by atoms with van der Waals surface area (Å²) in [4.78, 5) is 32.0. The first kappa shape index (κ1) is 25.1. The molecule has 3 aromatic heterocycles. The normalized spacial score (nSPS) is 14.1. The van der Waals surface area contributed by atoms with E-state index in [1.54, 1.807) is 16.9 Å². The zero-order valence-electron chi connectivity index (χ0n) is 21.6. The van der Waals surface area contributed by atoms with Crippen molar-refractivity contribution in [3.63, 3.8) is 0 Å². The number of nitrogens with one attached hydrogen (secondary N) is 1. The molecule has 1 amide bonds. The first-order chi connectivity index (χ1) is 19.0. The van der Waals surface area contributed by atoms with Crippen molar-refractivity contribution in [2.45, 2.75) is 43.3 Å². The minimum atomic E-state index is -0.220. The van der Waals surface area contributed by atoms with Gasteiger partial charge in [0.05, 0.1) is 23.2 Å². The molecule has 0 unspecified atom stereocenters. The summed E-state index contributed by atoms with van der Waals surface area (Å²) in [6.07, 6.45) is 12.8. The van der Waals surface area contributed by atoms with Gasteiger partial charge in [0.25, 0.3) is 5.56 Å². The predicted octanol–water partition coefficient (Wildman–Crippen LogP) is 5.66. The second-order valence-electron chi connectivity index (χ2n) is 9.89. The van der Waals surface area contributed by atoms with Gasteiger partial charge in [-0.05, 0) is 61.4 Å². The quantitative estimate of drug-likeness (QED) is 0.172. The molecule has 196 valence electrons. The number of carbonyl (C=O) groups is 1. The van der Waals surface area contributed by atoms with Gasteiger partial charge < -0.3 is 14.3 Å². The third kappa shape index (κ3) is 4.75. The molecule has 7 nitrogen and oxygen atoms in total. The lowest BCUT2D eigenvalue weighted by molar-refractivity contribution is -0.119. The van der Waals surface area contributed by atoms with Crippen molar-refractivity contribution in [1.82, 2.24) is 19.4 Å². The number of hydrogen-bond donors (Lipinski definition) is 1. The van der Waals surface area contributed by atoms with E-state index in [0.717, 1.165) is 47.9 Å². The fourth-order valence-corrected chi connectivity index (χ4v) is 6.24. The topological polar surface area (TPSA) is 82.1 Å². The van der Waals surface area contributed by atoms with Crippen LogP contribution in [0.1, 0.15) is 37.7 Å². The van der Waals surface area contributed by atoms with Crippen LogP contribution in [0.2, 0.25) is 0 Å². The third-order valence-corrected chi connectivity index (χ3v) is 8.30. The molecule has 3 heterocycles. The van der Waals surface area contributed by atoms with E-state index in [1.807, 2.05) is 60.1 Å². The van der Waals surface area contributed by atoms with Gasteiger partial charge in [-0.1, -0.05) is 43.0 Å². The van der Waals surface area contributed by atoms with Gasteiger partial charge in [-0.2, -0.15) is 0 Å². The lowest BCUT2D eigenvalue weighted by atomic mass is 9.95. The fourth-order valence-electron chi connectivity index (χ4n) is 5.42. The lowest BCUT2D eigenvalue weighted by Gasteiger charge is -2.22. The first-order valence-corrected chi connectivity index (χ1v) is 14.1. The number of terminal acetylenes is 1. The molecule has 0 atom stereocenters. The van der Waals surface area contributed by atoms with Gasteiger partial charge in [-0.15, -0.1) is 6.42 Å². The number of aromatic nitrogens is 3. The van der Waals surface area contributed by atoms with Crippen LogP contribution in [0.4, 0.5) is 0 Å². The maximum Gasteiger partial charge on any atom is 0.283 e. The Kier molecular flexibility index (Phi) is 6.76. The van der Waals surface area contributed by atoms with E-state index in [-0.39, 0.29) is 23.3 Å². The molecule has 0 aliphatic heterocycles. The summed E-state index contributed by atoms with van der Waals surface area (Å²) in [6.45, 7) is 0. The highest BCUT2D eigenvalue weighted by atomic mass is 32.2. The molecule has 0 spiro atoms. The van der Waals surface area contributed by atoms with Gasteiger partial charge >= 0.3 is 0 Å². The number of thioether (sulfide) groups is 1. The Morgan fingerprint density at radius 2 is 2.00 bits per heavy atom. The zero-order valence-corrected chi connectivity index (χ0v) is 22.5. The summed E-state index contributed by atoms with van der Waals surface area (Å²) in [5, 5.41) is 4.44. The Balaban J connectivity index is 1.48. The van der Waals surface area contributed by atoms with Gasteiger partial charge in [0, 0.05) is 29.6 Å². The monoisotopic (exact) mass is 536 g/mol. The Morgan fingerprint density at radius 1 is 1.15 bits per heavy atom. The summed E-state index contributed by atoms with van der Waals surface area (Å²) in [5.41, 5.74) is 3.89. The van der Waals surface area contributed by atoms with Crippen molar-refractivity contribution >= 4 is 39.6 Å². The van der Waals surface area contributed by atoms with Crippen molar-refractivity contribution in [3.05, 3.63) is 76.8 Å². The molecule has 0 saturated heterocycles. The van der Waals surface area contributed by atoms with Crippen LogP contribution < -0.4 is 10.9 Å². The Bertz CT molecular complexity index is 1790. The van der Waals surface area contributed by atoms with Gasteiger partial charge in [0.15, 0.2) is 5.16 Å². The summed E-state index contributed by atoms with van der Waals surface area (Å²) < 4.78 is 9.04. The van der Waals surface area contributed by atoms with Crippen LogP contribution >= 0.6 is 11.8 Å². The zero-order chi connectivity index (χ0) is 26.9. The highest BCUT2D eigenvalue weighted by Gasteiger charge is 2.22. The van der Waals surface area contributed by atoms with E-state index < -0.39 is 0 Å². The van der Waals surface area contributed by atoms with E-state index in [4.69, 9.17) is 15.8 Å². The van der Waals surface area contributed by atoms with E-state index in [1.165, 1.54) is 18.2 Å². The van der Waals surface area contributed by atoms with Gasteiger partial charge in [-0.25, -0.2) is 4.98 Å². The van der Waals surface area contributed by atoms with Crippen molar-refractivity contribution in [1.29, 1.82) is 0 Å². The van der Waals surface area contributed by atoms with E-state index >= 15 is 0 Å². The number of furan rings is 1. The molecular formula is C31H28N4O3S. The summed E-state index contributed by atoms with van der Waals surface area (Å²) >= 11 is 1.26. The standard InChI is InChI=1S/C31H28N4O3S/c1-3-20-9-7-12-23(17-20)35-30(37)29-28(33-31(35)39-19-27(36)32-22-10-5-4-6-11-22)24-18-21(26-13-8-16-38-26)14-15-25(24)34(29)2/h1,7-9,12-18,22H,4-6,10-11,19H2,2H3,(H,32,36). The molecule has 0 bridgehead atoms. The van der Waals surface area contributed by atoms with Crippen LogP contribution in [0.3, 0.4) is 0 Å². The molecule has 1 aliphatic rings. The Labute approximate surface area is 230 Å². The summed E-state index contributed by atoms with van der Waals surface area (Å²) in [6, 6.07) is 17.2. The largest absolute Gasteiger partial charge is 0.464 e. The van der Waals surface area contributed by atoms with Crippen molar-refractivity contribution < 1.29 is 9.21 Å². The number of fused-ring (bicyclic) bond motifs is 3. The molecule has 1 aliphatic carbocycles. The SMILES string of the molecule is C#Cc1cccc(-n2c(SCC(=O)NC3CCCCC3)nc3c4cc(-c5ccco5)ccc4n(C)c3c2=O)c1. The van der Waals surface area contributed by atoms with Gasteiger partial charge in [0.2, 0.25) is 5.91 Å². The second kappa shape index (κ2) is 10.5. The maximum absolute atomic E-state index is 14.1. The van der Waals surface area contributed by atoms with Crippen LogP contribution in [0.5, 0.6) is 0 Å². The smallest absolute Gasteiger partial charge is 0.283 e. The van der Waals surface area contributed by atoms with Crippen LogP contribution in [0, 0.1) is 12.3 Å². The highest BCUT2D eigenvalue weighted by Crippen LogP contribution is 2.32. The van der Waals surface area contributed by atoms with Crippen molar-refractivity contribution in [3.8, 4) is 29.4 Å². The Morgan fingerprint density at radius 3 is 2.77 bits per heavy atom. The third-order valence-electron chi connectivity index (χ3n) is 7.36. The number of carbonyl (C=O) groups excluding carboxylic acids is 1. The average molecular weight is 537 g/mol. The molecule has 1 fully saturated rings. The van der Waals surface area contributed by atoms with Crippen molar-refractivity contribution in [2.75, 3.05) is 5.75 Å². The molecule has 1 saturated carbocycles. The minimum Gasteiger partial charge on any atom is -0.464 e. The first-order valence-electron chi connectivity index (χ1n) is 13.1. The molecule has 8 heteroatoms. The van der Waals surface area contributed by atoms with Crippen molar-refractivity contribution in [2.24, 2.45) is 7.05 Å². The molecule has 5 aromatic rings.